The maximum atomic E-state index is 11.7. The van der Waals surface area contributed by atoms with E-state index in [9.17, 15) is 4.79 Å². The van der Waals surface area contributed by atoms with E-state index in [1.165, 1.54) is 6.08 Å². The van der Waals surface area contributed by atoms with Gasteiger partial charge in [0.05, 0.1) is 20.3 Å². The molecular formula is C16H21NO4. The fourth-order valence-electron chi connectivity index (χ4n) is 2.11. The summed E-state index contributed by atoms with van der Waals surface area (Å²) < 4.78 is 15.7. The van der Waals surface area contributed by atoms with E-state index in [-0.39, 0.29) is 5.97 Å². The van der Waals surface area contributed by atoms with Crippen molar-refractivity contribution in [3.05, 3.63) is 35.9 Å². The predicted octanol–water partition coefficient (Wildman–Crippen LogP) is 1.58. The fourth-order valence-corrected chi connectivity index (χ4v) is 2.11. The Morgan fingerprint density at radius 3 is 2.86 bits per heavy atom. The van der Waals surface area contributed by atoms with E-state index in [0.29, 0.717) is 6.61 Å². The highest BCUT2D eigenvalue weighted by molar-refractivity contribution is 5.87. The normalized spacial score (nSPS) is 16.0. The SMILES string of the molecule is COc1ccccc1/C=C/C(=O)OCCN1CCOCC1. The summed E-state index contributed by atoms with van der Waals surface area (Å²) in [6.07, 6.45) is 3.13. The smallest absolute Gasteiger partial charge is 0.330 e. The number of carbonyl (C=O) groups is 1. The Morgan fingerprint density at radius 1 is 1.33 bits per heavy atom. The zero-order valence-electron chi connectivity index (χ0n) is 12.3. The number of carbonyl (C=O) groups excluding carboxylic acids is 1. The highest BCUT2D eigenvalue weighted by atomic mass is 16.5. The largest absolute Gasteiger partial charge is 0.496 e. The molecule has 1 aromatic rings. The first-order valence-electron chi connectivity index (χ1n) is 7.07. The molecule has 0 N–H and O–H groups in total. The van der Waals surface area contributed by atoms with E-state index in [1.54, 1.807) is 13.2 Å². The van der Waals surface area contributed by atoms with Crippen molar-refractivity contribution in [2.45, 2.75) is 0 Å². The Labute approximate surface area is 125 Å². The van der Waals surface area contributed by atoms with Gasteiger partial charge >= 0.3 is 5.97 Å². The van der Waals surface area contributed by atoms with Crippen LogP contribution in [0.15, 0.2) is 30.3 Å². The number of hydrogen-bond donors (Lipinski definition) is 0. The maximum Gasteiger partial charge on any atom is 0.330 e. The minimum atomic E-state index is -0.339. The Balaban J connectivity index is 1.74. The highest BCUT2D eigenvalue weighted by Gasteiger charge is 2.10. The molecule has 5 heteroatoms. The van der Waals surface area contributed by atoms with Gasteiger partial charge in [0.1, 0.15) is 12.4 Å². The molecule has 1 aliphatic rings. The van der Waals surface area contributed by atoms with E-state index in [0.717, 1.165) is 44.2 Å². The molecule has 21 heavy (non-hydrogen) atoms. The zero-order valence-corrected chi connectivity index (χ0v) is 12.3. The van der Waals surface area contributed by atoms with Gasteiger partial charge in [0.15, 0.2) is 0 Å². The van der Waals surface area contributed by atoms with E-state index in [1.807, 2.05) is 24.3 Å². The third-order valence-corrected chi connectivity index (χ3v) is 3.29. The molecule has 0 saturated carbocycles. The Bertz CT molecular complexity index is 481. The first kappa shape index (κ1) is 15.5. The molecule has 0 aliphatic carbocycles. The van der Waals surface area contributed by atoms with E-state index >= 15 is 0 Å². The van der Waals surface area contributed by atoms with E-state index in [2.05, 4.69) is 4.90 Å². The number of benzene rings is 1. The number of methoxy groups -OCH3 is 1. The monoisotopic (exact) mass is 291 g/mol. The average Bonchev–Trinajstić information content (AvgIpc) is 2.54. The number of nitrogens with zero attached hydrogens (tertiary/aromatic N) is 1. The summed E-state index contributed by atoms with van der Waals surface area (Å²) in [6.45, 7) is 4.44. The summed E-state index contributed by atoms with van der Waals surface area (Å²) in [5, 5.41) is 0. The van der Waals surface area contributed by atoms with Crippen molar-refractivity contribution in [3.8, 4) is 5.75 Å². The lowest BCUT2D eigenvalue weighted by Gasteiger charge is -2.25. The Morgan fingerprint density at radius 2 is 2.10 bits per heavy atom. The molecule has 2 rings (SSSR count). The van der Waals surface area contributed by atoms with Crippen LogP contribution in [-0.2, 0) is 14.3 Å². The minimum Gasteiger partial charge on any atom is -0.496 e. The van der Waals surface area contributed by atoms with Crippen LogP contribution < -0.4 is 4.74 Å². The summed E-state index contributed by atoms with van der Waals surface area (Å²) in [7, 11) is 1.60. The predicted molar refractivity (Wildman–Crippen MR) is 80.2 cm³/mol. The molecule has 0 radical (unpaired) electrons. The number of rotatable bonds is 6. The van der Waals surface area contributed by atoms with Crippen LogP contribution in [0.3, 0.4) is 0 Å². The minimum absolute atomic E-state index is 0.339. The van der Waals surface area contributed by atoms with Crippen LogP contribution in [0.25, 0.3) is 6.08 Å². The molecule has 1 saturated heterocycles. The molecule has 1 heterocycles. The first-order valence-corrected chi connectivity index (χ1v) is 7.07. The number of morpholine rings is 1. The van der Waals surface area contributed by atoms with Crippen molar-refractivity contribution in [2.24, 2.45) is 0 Å². The van der Waals surface area contributed by atoms with Crippen LogP contribution in [0.2, 0.25) is 0 Å². The third kappa shape index (κ3) is 5.21. The van der Waals surface area contributed by atoms with Gasteiger partial charge in [-0.05, 0) is 12.1 Å². The summed E-state index contributed by atoms with van der Waals surface area (Å²) in [5.74, 6) is 0.393. The molecule has 5 nitrogen and oxygen atoms in total. The molecule has 0 unspecified atom stereocenters. The summed E-state index contributed by atoms with van der Waals surface area (Å²) in [4.78, 5) is 13.9. The zero-order chi connectivity index (χ0) is 14.9. The molecule has 0 aromatic heterocycles. The molecule has 0 spiro atoms. The van der Waals surface area contributed by atoms with Crippen molar-refractivity contribution in [3.63, 3.8) is 0 Å². The Hall–Kier alpha value is -1.85. The van der Waals surface area contributed by atoms with Crippen molar-refractivity contribution < 1.29 is 19.0 Å². The van der Waals surface area contributed by atoms with Gasteiger partial charge in [-0.25, -0.2) is 4.79 Å². The second-order valence-corrected chi connectivity index (χ2v) is 4.70. The third-order valence-electron chi connectivity index (χ3n) is 3.29. The van der Waals surface area contributed by atoms with Gasteiger partial charge in [0.2, 0.25) is 0 Å². The van der Waals surface area contributed by atoms with Gasteiger partial charge < -0.3 is 14.2 Å². The molecule has 0 amide bonds. The molecule has 114 valence electrons. The van der Waals surface area contributed by atoms with Crippen LogP contribution in [-0.4, -0.2) is 57.4 Å². The topological polar surface area (TPSA) is 48.0 Å². The van der Waals surface area contributed by atoms with Gasteiger partial charge in [-0.3, -0.25) is 4.90 Å². The molecular weight excluding hydrogens is 270 g/mol. The second kappa shape index (κ2) is 8.44. The summed E-state index contributed by atoms with van der Waals surface area (Å²) in [6, 6.07) is 7.52. The Kier molecular flexibility index (Phi) is 6.24. The molecule has 1 aliphatic heterocycles. The van der Waals surface area contributed by atoms with E-state index in [4.69, 9.17) is 14.2 Å². The lowest BCUT2D eigenvalue weighted by atomic mass is 10.2. The standard InChI is InChI=1S/C16H21NO4/c1-19-15-5-3-2-4-14(15)6-7-16(18)21-13-10-17-8-11-20-12-9-17/h2-7H,8-13H2,1H3/b7-6+. The van der Waals surface area contributed by atoms with E-state index < -0.39 is 0 Å². The van der Waals surface area contributed by atoms with Crippen LogP contribution in [0, 0.1) is 0 Å². The lowest BCUT2D eigenvalue weighted by Crippen LogP contribution is -2.38. The van der Waals surface area contributed by atoms with Crippen LogP contribution in [0.4, 0.5) is 0 Å². The van der Waals surface area contributed by atoms with Crippen molar-refractivity contribution in [2.75, 3.05) is 46.6 Å². The number of esters is 1. The van der Waals surface area contributed by atoms with Crippen molar-refractivity contribution >= 4 is 12.0 Å². The molecule has 1 fully saturated rings. The van der Waals surface area contributed by atoms with Gasteiger partial charge in [0.25, 0.3) is 0 Å². The number of ether oxygens (including phenoxy) is 3. The van der Waals surface area contributed by atoms with Gasteiger partial charge in [-0.1, -0.05) is 18.2 Å². The van der Waals surface area contributed by atoms with Crippen LogP contribution >= 0.6 is 0 Å². The van der Waals surface area contributed by atoms with Crippen molar-refractivity contribution in [1.82, 2.24) is 4.90 Å². The van der Waals surface area contributed by atoms with Crippen LogP contribution in [0.5, 0.6) is 5.75 Å². The van der Waals surface area contributed by atoms with Crippen molar-refractivity contribution in [1.29, 1.82) is 0 Å². The summed E-state index contributed by atoms with van der Waals surface area (Å²) in [5.41, 5.74) is 0.852. The van der Waals surface area contributed by atoms with Gasteiger partial charge in [-0.2, -0.15) is 0 Å². The number of para-hydroxylation sites is 1. The molecule has 0 bridgehead atoms. The maximum absolute atomic E-state index is 11.7. The van der Waals surface area contributed by atoms with Gasteiger partial charge in [-0.15, -0.1) is 0 Å². The number of hydrogen-bond acceptors (Lipinski definition) is 5. The molecule has 0 atom stereocenters. The quantitative estimate of drug-likeness (QED) is 0.588. The lowest BCUT2D eigenvalue weighted by molar-refractivity contribution is -0.138. The molecule has 1 aromatic carbocycles. The summed E-state index contributed by atoms with van der Waals surface area (Å²) >= 11 is 0. The fraction of sp³-hybridized carbons (Fsp3) is 0.438. The second-order valence-electron chi connectivity index (χ2n) is 4.70. The van der Waals surface area contributed by atoms with Gasteiger partial charge in [0, 0.05) is 31.3 Å². The highest BCUT2D eigenvalue weighted by Crippen LogP contribution is 2.18. The first-order chi connectivity index (χ1) is 10.3. The van der Waals surface area contributed by atoms with Crippen LogP contribution in [0.1, 0.15) is 5.56 Å². The average molecular weight is 291 g/mol.